The average molecular weight is 783 g/mol. The topological polar surface area (TPSA) is 54.0 Å². The lowest BCUT2D eigenvalue weighted by Crippen LogP contribution is -2.70. The highest BCUT2D eigenvalue weighted by Gasteiger charge is 2.50. The molecule has 0 saturated carbocycles. The molecule has 0 aliphatic rings. The molecule has 0 bridgehead atoms. The highest BCUT2D eigenvalue weighted by molar-refractivity contribution is 7.02. The summed E-state index contributed by atoms with van der Waals surface area (Å²) in [6.45, 7) is 13.3. The van der Waals surface area contributed by atoms with E-state index in [9.17, 15) is 4.79 Å². The maximum absolute atomic E-state index is 11.4. The first-order chi connectivity index (χ1) is 26.0. The van der Waals surface area contributed by atoms with Crippen LogP contribution in [0.5, 0.6) is 11.5 Å². The fourth-order valence-corrected chi connectivity index (χ4v) is 20.8. The van der Waals surface area contributed by atoms with Gasteiger partial charge in [0.1, 0.15) is 11.5 Å². The number of hydrogen-bond donors (Lipinski definition) is 0. The van der Waals surface area contributed by atoms with E-state index in [1.807, 2.05) is 24.3 Å². The number of unbranched alkanes of at least 4 members (excludes halogenated alkanes) is 8. The van der Waals surface area contributed by atoms with Gasteiger partial charge in [-0.2, -0.15) is 0 Å². The standard InChI is InChI=1S/C46H66O5Si3/c1-8-9-37-52(4,5)50-54(44-24-18-16-19-25-44,45-26-20-17-21-27-45)51-53(6,7)38-23-15-13-11-10-12-14-22-28-46(40-29-33-42(48-3)34-30-40)41-31-35-43(36-32-41)49-39(2)47/h16-21,24-27,29-36,46H,8-15,22-23,28,37-38H2,1-7H3. The molecule has 0 radical (unpaired) electrons. The molecule has 54 heavy (non-hydrogen) atoms. The lowest BCUT2D eigenvalue weighted by molar-refractivity contribution is -0.131. The van der Waals surface area contributed by atoms with Crippen molar-refractivity contribution < 1.29 is 22.5 Å². The number of methoxy groups -OCH3 is 1. The Labute approximate surface area is 330 Å². The van der Waals surface area contributed by atoms with Crippen LogP contribution in [0.1, 0.15) is 102 Å². The van der Waals surface area contributed by atoms with Crippen LogP contribution in [0.3, 0.4) is 0 Å². The number of hydrogen-bond acceptors (Lipinski definition) is 5. The van der Waals surface area contributed by atoms with E-state index in [-0.39, 0.29) is 11.9 Å². The van der Waals surface area contributed by atoms with Crippen molar-refractivity contribution in [2.45, 2.75) is 129 Å². The minimum absolute atomic E-state index is 0.290. The molecule has 4 aromatic carbocycles. The molecule has 0 N–H and O–H groups in total. The van der Waals surface area contributed by atoms with Gasteiger partial charge in [-0.3, -0.25) is 4.79 Å². The van der Waals surface area contributed by atoms with E-state index in [4.69, 9.17) is 17.7 Å². The molecule has 5 nitrogen and oxygen atoms in total. The van der Waals surface area contributed by atoms with Gasteiger partial charge in [-0.25, -0.2) is 0 Å². The Morgan fingerprint density at radius 1 is 0.556 bits per heavy atom. The summed E-state index contributed by atoms with van der Waals surface area (Å²) in [7, 11) is -5.30. The summed E-state index contributed by atoms with van der Waals surface area (Å²) in [5.41, 5.74) is 2.53. The monoisotopic (exact) mass is 782 g/mol. The second kappa shape index (κ2) is 21.7. The highest BCUT2D eigenvalue weighted by atomic mass is 28.5. The molecule has 4 rings (SSSR count). The summed E-state index contributed by atoms with van der Waals surface area (Å²) < 4.78 is 25.7. The molecule has 0 spiro atoms. The van der Waals surface area contributed by atoms with Crippen LogP contribution in [0.25, 0.3) is 0 Å². The maximum atomic E-state index is 11.4. The lowest BCUT2D eigenvalue weighted by Gasteiger charge is -2.43. The van der Waals surface area contributed by atoms with Gasteiger partial charge in [0.2, 0.25) is 0 Å². The molecule has 0 aromatic heterocycles. The van der Waals surface area contributed by atoms with E-state index >= 15 is 0 Å². The van der Waals surface area contributed by atoms with Gasteiger partial charge in [0, 0.05) is 12.8 Å². The summed E-state index contributed by atoms with van der Waals surface area (Å²) in [6.07, 6.45) is 13.5. The summed E-state index contributed by atoms with van der Waals surface area (Å²) >= 11 is 0. The minimum Gasteiger partial charge on any atom is -0.497 e. The highest BCUT2D eigenvalue weighted by Crippen LogP contribution is 2.33. The summed E-state index contributed by atoms with van der Waals surface area (Å²) in [5.74, 6) is 1.45. The van der Waals surface area contributed by atoms with Crippen LogP contribution in [-0.4, -0.2) is 38.3 Å². The molecule has 0 aliphatic heterocycles. The Bertz CT molecular complexity index is 1600. The Balaban J connectivity index is 1.27. The Morgan fingerprint density at radius 3 is 1.43 bits per heavy atom. The van der Waals surface area contributed by atoms with E-state index in [1.165, 1.54) is 92.6 Å². The van der Waals surface area contributed by atoms with E-state index in [2.05, 4.69) is 118 Å². The van der Waals surface area contributed by atoms with E-state index < -0.39 is 25.2 Å². The van der Waals surface area contributed by atoms with Gasteiger partial charge in [0.05, 0.1) is 7.11 Å². The zero-order valence-corrected chi connectivity index (χ0v) is 37.2. The number of benzene rings is 4. The Hall–Kier alpha value is -3.28. The molecule has 0 amide bonds. The van der Waals surface area contributed by atoms with Crippen LogP contribution in [0.4, 0.5) is 0 Å². The lowest BCUT2D eigenvalue weighted by atomic mass is 9.86. The first kappa shape index (κ1) is 43.4. The number of carbonyl (C=O) groups is 1. The minimum atomic E-state index is -2.93. The third-order valence-electron chi connectivity index (χ3n) is 10.4. The molecule has 0 heterocycles. The molecule has 292 valence electrons. The number of rotatable bonds is 24. The normalized spacial score (nSPS) is 12.7. The van der Waals surface area contributed by atoms with E-state index in [0.717, 1.165) is 24.3 Å². The van der Waals surface area contributed by atoms with Crippen molar-refractivity contribution in [1.29, 1.82) is 0 Å². The van der Waals surface area contributed by atoms with Gasteiger partial charge in [-0.05, 0) is 90.5 Å². The Kier molecular flexibility index (Phi) is 17.5. The van der Waals surface area contributed by atoms with Crippen LogP contribution in [0, 0.1) is 0 Å². The predicted molar refractivity (Wildman–Crippen MR) is 234 cm³/mol. The molecule has 1 atom stereocenters. The zero-order chi connectivity index (χ0) is 38.9. The van der Waals surface area contributed by atoms with Crippen LogP contribution >= 0.6 is 0 Å². The molecule has 8 heteroatoms. The summed E-state index contributed by atoms with van der Waals surface area (Å²) in [6, 6.07) is 40.5. The maximum Gasteiger partial charge on any atom is 0.386 e. The largest absolute Gasteiger partial charge is 0.497 e. The number of esters is 1. The zero-order valence-electron chi connectivity index (χ0n) is 34.2. The van der Waals surface area contributed by atoms with Gasteiger partial charge >= 0.3 is 14.5 Å². The molecule has 1 unspecified atom stereocenters. The molecule has 0 fully saturated rings. The summed E-state index contributed by atoms with van der Waals surface area (Å²) in [4.78, 5) is 11.4. The first-order valence-corrected chi connectivity index (χ1v) is 28.5. The smallest absolute Gasteiger partial charge is 0.386 e. The Morgan fingerprint density at radius 2 is 0.981 bits per heavy atom. The van der Waals surface area contributed by atoms with Crippen LogP contribution in [0.15, 0.2) is 109 Å². The fraction of sp³-hybridized carbons (Fsp3) is 0.457. The van der Waals surface area contributed by atoms with Crippen molar-refractivity contribution in [2.24, 2.45) is 0 Å². The van der Waals surface area contributed by atoms with E-state index in [1.54, 1.807) is 7.11 Å². The van der Waals surface area contributed by atoms with E-state index in [0.29, 0.717) is 5.75 Å². The number of carbonyl (C=O) groups excluding carboxylic acids is 1. The fourth-order valence-electron chi connectivity index (χ4n) is 7.48. The summed E-state index contributed by atoms with van der Waals surface area (Å²) in [5, 5.41) is 2.47. The van der Waals surface area contributed by atoms with Crippen LogP contribution in [0.2, 0.25) is 38.3 Å². The van der Waals surface area contributed by atoms with Crippen molar-refractivity contribution >= 4 is 41.5 Å². The van der Waals surface area contributed by atoms with Gasteiger partial charge in [0.25, 0.3) is 0 Å². The second-order valence-corrected chi connectivity index (χ2v) is 28.1. The third-order valence-corrected chi connectivity index (χ3v) is 22.4. The van der Waals surface area contributed by atoms with Gasteiger partial charge in [-0.15, -0.1) is 0 Å². The molecular weight excluding hydrogens is 717 g/mol. The van der Waals surface area contributed by atoms with Crippen molar-refractivity contribution in [3.8, 4) is 11.5 Å². The number of ether oxygens (including phenoxy) is 2. The van der Waals surface area contributed by atoms with Crippen molar-refractivity contribution in [2.75, 3.05) is 7.11 Å². The van der Waals surface area contributed by atoms with Gasteiger partial charge in [0.15, 0.2) is 16.6 Å². The molecular formula is C46H66O5Si3. The van der Waals surface area contributed by atoms with Crippen molar-refractivity contribution in [3.05, 3.63) is 120 Å². The van der Waals surface area contributed by atoms with Crippen molar-refractivity contribution in [3.63, 3.8) is 0 Å². The van der Waals surface area contributed by atoms with Crippen LogP contribution < -0.4 is 19.8 Å². The van der Waals surface area contributed by atoms with Crippen molar-refractivity contribution in [1.82, 2.24) is 0 Å². The first-order valence-electron chi connectivity index (χ1n) is 20.4. The van der Waals surface area contributed by atoms with Gasteiger partial charge < -0.3 is 17.7 Å². The van der Waals surface area contributed by atoms with Gasteiger partial charge in [-0.1, -0.05) is 156 Å². The predicted octanol–water partition coefficient (Wildman–Crippen LogP) is 11.8. The molecule has 0 saturated heterocycles. The second-order valence-electron chi connectivity index (χ2n) is 16.0. The molecule has 4 aromatic rings. The SMILES string of the molecule is CCCC[Si](C)(C)O[Si](O[Si](C)(C)CCCCCCCCCCC(c1ccc(OC)cc1)c1ccc(OC(C)=O)cc1)(c1ccccc1)c1ccccc1. The average Bonchev–Trinajstić information content (AvgIpc) is 3.17. The third kappa shape index (κ3) is 13.8. The van der Waals surface area contributed by atoms with Crippen LogP contribution in [-0.2, 0) is 13.0 Å². The molecule has 0 aliphatic carbocycles. The quantitative estimate of drug-likeness (QED) is 0.0307.